The van der Waals surface area contributed by atoms with E-state index in [2.05, 4.69) is 15.4 Å². The molecule has 1 aliphatic rings. The third kappa shape index (κ3) is 3.73. The van der Waals surface area contributed by atoms with Crippen molar-refractivity contribution in [2.45, 2.75) is 39.5 Å². The number of tetrazole rings is 1. The molecule has 0 bridgehead atoms. The lowest BCUT2D eigenvalue weighted by molar-refractivity contribution is -0.144. The van der Waals surface area contributed by atoms with E-state index in [1.54, 1.807) is 4.90 Å². The fraction of sp³-hybridized carbons (Fsp3) is 0.500. The highest BCUT2D eigenvalue weighted by Crippen LogP contribution is 2.14. The van der Waals surface area contributed by atoms with E-state index in [0.29, 0.717) is 18.9 Å². The molecule has 1 aliphatic heterocycles. The molecule has 0 N–H and O–H groups in total. The summed E-state index contributed by atoms with van der Waals surface area (Å²) >= 11 is 0. The van der Waals surface area contributed by atoms with Crippen molar-refractivity contribution in [2.24, 2.45) is 0 Å². The van der Waals surface area contributed by atoms with Crippen molar-refractivity contribution in [3.05, 3.63) is 29.8 Å². The number of aryl methyl sites for hydroxylation is 1. The number of hydrogen-bond acceptors (Lipinski definition) is 5. The lowest BCUT2D eigenvalue weighted by Crippen LogP contribution is -2.49. The quantitative estimate of drug-likeness (QED) is 0.853. The minimum atomic E-state index is -0.0140. The fourth-order valence-electron chi connectivity index (χ4n) is 2.73. The van der Waals surface area contributed by atoms with Gasteiger partial charge in [-0.15, -0.1) is 10.2 Å². The summed E-state index contributed by atoms with van der Waals surface area (Å²) < 4.78 is 5.64. The number of aromatic nitrogens is 4. The summed E-state index contributed by atoms with van der Waals surface area (Å²) in [6.07, 6.45) is 0.101. The van der Waals surface area contributed by atoms with Gasteiger partial charge in [-0.05, 0) is 26.0 Å². The van der Waals surface area contributed by atoms with Gasteiger partial charge in [0.25, 0.3) is 0 Å². The molecule has 23 heavy (non-hydrogen) atoms. The molecule has 2 aromatic rings. The van der Waals surface area contributed by atoms with Crippen LogP contribution in [0.5, 0.6) is 0 Å². The van der Waals surface area contributed by atoms with Crippen molar-refractivity contribution in [3.8, 4) is 11.4 Å². The summed E-state index contributed by atoms with van der Waals surface area (Å²) in [6.45, 7) is 7.26. The lowest BCUT2D eigenvalue weighted by atomic mass is 10.1. The van der Waals surface area contributed by atoms with Gasteiger partial charge in [-0.2, -0.15) is 4.80 Å². The Kier molecular flexibility index (Phi) is 4.38. The third-order valence-electron chi connectivity index (χ3n) is 3.81. The van der Waals surface area contributed by atoms with Crippen molar-refractivity contribution < 1.29 is 9.53 Å². The molecule has 122 valence electrons. The van der Waals surface area contributed by atoms with Crippen molar-refractivity contribution >= 4 is 5.91 Å². The van der Waals surface area contributed by atoms with Crippen LogP contribution < -0.4 is 0 Å². The van der Waals surface area contributed by atoms with E-state index in [9.17, 15) is 4.79 Å². The smallest absolute Gasteiger partial charge is 0.246 e. The Labute approximate surface area is 135 Å². The van der Waals surface area contributed by atoms with Gasteiger partial charge in [0.05, 0.1) is 12.2 Å². The molecule has 3 rings (SSSR count). The zero-order valence-electron chi connectivity index (χ0n) is 13.6. The van der Waals surface area contributed by atoms with Gasteiger partial charge >= 0.3 is 0 Å². The van der Waals surface area contributed by atoms with Gasteiger partial charge in [-0.1, -0.05) is 29.8 Å². The Morgan fingerprint density at radius 3 is 2.52 bits per heavy atom. The number of ether oxygens (including phenoxy) is 1. The van der Waals surface area contributed by atoms with Crippen LogP contribution in [0.3, 0.4) is 0 Å². The normalized spacial score (nSPS) is 21.4. The van der Waals surface area contributed by atoms with Gasteiger partial charge in [0.1, 0.15) is 6.54 Å². The minimum absolute atomic E-state index is 0.0140. The summed E-state index contributed by atoms with van der Waals surface area (Å²) in [7, 11) is 0. The highest BCUT2D eigenvalue weighted by molar-refractivity contribution is 5.76. The molecular weight excluding hydrogens is 294 g/mol. The van der Waals surface area contributed by atoms with Crippen LogP contribution in [-0.2, 0) is 16.1 Å². The van der Waals surface area contributed by atoms with Crippen LogP contribution in [0, 0.1) is 6.92 Å². The molecule has 1 aromatic carbocycles. The third-order valence-corrected chi connectivity index (χ3v) is 3.81. The molecule has 7 nitrogen and oxygen atoms in total. The molecule has 7 heteroatoms. The van der Waals surface area contributed by atoms with E-state index < -0.39 is 0 Å². The number of benzene rings is 1. The Hall–Kier alpha value is -2.28. The molecule has 0 aliphatic carbocycles. The van der Waals surface area contributed by atoms with Crippen molar-refractivity contribution in [1.82, 2.24) is 25.1 Å². The van der Waals surface area contributed by atoms with Crippen molar-refractivity contribution in [2.75, 3.05) is 13.1 Å². The van der Waals surface area contributed by atoms with Gasteiger partial charge in [-0.3, -0.25) is 4.79 Å². The number of amides is 1. The first-order valence-corrected chi connectivity index (χ1v) is 7.79. The van der Waals surface area contributed by atoms with Crippen LogP contribution in [0.4, 0.5) is 0 Å². The van der Waals surface area contributed by atoms with Gasteiger partial charge in [-0.25, -0.2) is 0 Å². The van der Waals surface area contributed by atoms with Crippen LogP contribution in [0.1, 0.15) is 19.4 Å². The molecule has 2 heterocycles. The van der Waals surface area contributed by atoms with E-state index in [4.69, 9.17) is 4.74 Å². The van der Waals surface area contributed by atoms with E-state index in [0.717, 1.165) is 5.56 Å². The van der Waals surface area contributed by atoms with Gasteiger partial charge in [0, 0.05) is 18.7 Å². The maximum absolute atomic E-state index is 12.4. The highest BCUT2D eigenvalue weighted by atomic mass is 16.5. The topological polar surface area (TPSA) is 73.1 Å². The molecule has 1 fully saturated rings. The largest absolute Gasteiger partial charge is 0.372 e. The molecule has 1 saturated heterocycles. The van der Waals surface area contributed by atoms with E-state index in [-0.39, 0.29) is 24.7 Å². The monoisotopic (exact) mass is 315 g/mol. The first kappa shape index (κ1) is 15.6. The van der Waals surface area contributed by atoms with E-state index >= 15 is 0 Å². The van der Waals surface area contributed by atoms with Crippen molar-refractivity contribution in [3.63, 3.8) is 0 Å². The number of carbonyl (C=O) groups is 1. The average molecular weight is 315 g/mol. The molecule has 1 amide bonds. The Bertz CT molecular complexity index is 672. The Morgan fingerprint density at radius 1 is 1.22 bits per heavy atom. The summed E-state index contributed by atoms with van der Waals surface area (Å²) in [4.78, 5) is 15.5. The summed E-state index contributed by atoms with van der Waals surface area (Å²) in [5.74, 6) is 0.515. The molecule has 1 aromatic heterocycles. The second-order valence-electron chi connectivity index (χ2n) is 6.07. The SMILES string of the molecule is Cc1ccc(-c2nnn(CC(=O)N3C[C@H](C)O[C@@H](C)C3)n2)cc1. The summed E-state index contributed by atoms with van der Waals surface area (Å²) in [5, 5.41) is 12.3. The van der Waals surface area contributed by atoms with Gasteiger partial charge in [0.15, 0.2) is 0 Å². The van der Waals surface area contributed by atoms with Crippen LogP contribution in [-0.4, -0.2) is 56.3 Å². The van der Waals surface area contributed by atoms with E-state index in [1.165, 1.54) is 10.4 Å². The van der Waals surface area contributed by atoms with Crippen LogP contribution in [0.15, 0.2) is 24.3 Å². The minimum Gasteiger partial charge on any atom is -0.372 e. The molecular formula is C16H21N5O2. The van der Waals surface area contributed by atoms with Crippen LogP contribution in [0.25, 0.3) is 11.4 Å². The Morgan fingerprint density at radius 2 is 1.87 bits per heavy atom. The van der Waals surface area contributed by atoms with Gasteiger partial charge in [0.2, 0.25) is 11.7 Å². The predicted molar refractivity (Wildman–Crippen MR) is 84.6 cm³/mol. The first-order chi connectivity index (χ1) is 11.0. The fourth-order valence-corrected chi connectivity index (χ4v) is 2.73. The summed E-state index contributed by atoms with van der Waals surface area (Å²) in [6, 6.07) is 7.89. The van der Waals surface area contributed by atoms with E-state index in [1.807, 2.05) is 45.0 Å². The maximum Gasteiger partial charge on any atom is 0.246 e. The Balaban J connectivity index is 1.66. The zero-order valence-corrected chi connectivity index (χ0v) is 13.6. The second kappa shape index (κ2) is 6.45. The number of carbonyl (C=O) groups excluding carboxylic acids is 1. The number of rotatable bonds is 3. The predicted octanol–water partition coefficient (Wildman–Crippen LogP) is 1.28. The molecule has 0 unspecified atom stereocenters. The number of hydrogen-bond donors (Lipinski definition) is 0. The standard InChI is InChI=1S/C16H21N5O2/c1-11-4-6-14(7-5-11)16-17-19-21(18-16)10-15(22)20-8-12(2)23-13(3)9-20/h4-7,12-13H,8-10H2,1-3H3/t12-,13-/m0/s1. The number of nitrogens with zero attached hydrogens (tertiary/aromatic N) is 5. The summed E-state index contributed by atoms with van der Waals surface area (Å²) in [5.41, 5.74) is 2.06. The average Bonchev–Trinajstić information content (AvgIpc) is 2.95. The van der Waals surface area contributed by atoms with Gasteiger partial charge < -0.3 is 9.64 Å². The number of morpholine rings is 1. The highest BCUT2D eigenvalue weighted by Gasteiger charge is 2.26. The van der Waals surface area contributed by atoms with Crippen LogP contribution in [0.2, 0.25) is 0 Å². The molecule has 0 radical (unpaired) electrons. The molecule has 0 saturated carbocycles. The van der Waals surface area contributed by atoms with Crippen LogP contribution >= 0.6 is 0 Å². The van der Waals surface area contributed by atoms with Crippen molar-refractivity contribution in [1.29, 1.82) is 0 Å². The molecule has 0 spiro atoms. The zero-order chi connectivity index (χ0) is 16.4. The first-order valence-electron chi connectivity index (χ1n) is 7.79. The maximum atomic E-state index is 12.4. The molecule has 2 atom stereocenters. The second-order valence-corrected chi connectivity index (χ2v) is 6.07. The lowest BCUT2D eigenvalue weighted by Gasteiger charge is -2.35.